The number of fused-ring (bicyclic) bond motifs is 2. The van der Waals surface area contributed by atoms with E-state index in [-0.39, 0.29) is 29.3 Å². The normalized spacial score (nSPS) is 34.4. The van der Waals surface area contributed by atoms with Crippen molar-refractivity contribution in [3.63, 3.8) is 0 Å². The number of hydrogen-bond acceptors (Lipinski definition) is 5. The van der Waals surface area contributed by atoms with Crippen LogP contribution in [0, 0.1) is 23.2 Å². The fraction of sp³-hybridized carbons (Fsp3) is 0.640. The largest absolute Gasteiger partial charge is 0.493 e. The van der Waals surface area contributed by atoms with Gasteiger partial charge in [0, 0.05) is 24.2 Å². The van der Waals surface area contributed by atoms with Crippen molar-refractivity contribution in [2.45, 2.75) is 51.7 Å². The van der Waals surface area contributed by atoms with E-state index in [0.29, 0.717) is 12.5 Å². The van der Waals surface area contributed by atoms with Gasteiger partial charge < -0.3 is 24.6 Å². The minimum Gasteiger partial charge on any atom is -0.493 e. The average Bonchev–Trinajstić information content (AvgIpc) is 3.08. The summed E-state index contributed by atoms with van der Waals surface area (Å²) in [5.41, 5.74) is 2.20. The van der Waals surface area contributed by atoms with E-state index in [1.807, 2.05) is 18.2 Å². The molecule has 6 heteroatoms. The minimum atomic E-state index is -0.538. The number of hydrogen-bond donors (Lipinski definition) is 2. The Morgan fingerprint density at radius 2 is 2.03 bits per heavy atom. The maximum Gasteiger partial charge on any atom is 0.315 e. The van der Waals surface area contributed by atoms with E-state index in [0.717, 1.165) is 49.3 Å². The predicted octanol–water partition coefficient (Wildman–Crippen LogP) is 2.09. The average molecular weight is 431 g/mol. The van der Waals surface area contributed by atoms with Crippen molar-refractivity contribution in [3.8, 4) is 11.5 Å². The molecule has 0 bridgehead atoms. The first-order chi connectivity index (χ1) is 14.9. The zero-order valence-corrected chi connectivity index (χ0v) is 19.1. The van der Waals surface area contributed by atoms with Crippen molar-refractivity contribution in [3.05, 3.63) is 35.4 Å². The molecule has 31 heavy (non-hydrogen) atoms. The first-order valence-corrected chi connectivity index (χ1v) is 11.5. The van der Waals surface area contributed by atoms with E-state index < -0.39 is 6.10 Å². The molecule has 1 saturated carbocycles. The quantitative estimate of drug-likeness (QED) is 0.393. The van der Waals surface area contributed by atoms with Crippen LogP contribution in [0.5, 0.6) is 11.5 Å². The highest BCUT2D eigenvalue weighted by atomic mass is 16.6. The van der Waals surface area contributed by atoms with Crippen LogP contribution >= 0.6 is 0 Å². The highest BCUT2D eigenvalue weighted by Crippen LogP contribution is 2.55. The lowest BCUT2D eigenvalue weighted by atomic mass is 9.55. The summed E-state index contributed by atoms with van der Waals surface area (Å²) in [6.07, 6.45) is 5.33. The van der Waals surface area contributed by atoms with Crippen LogP contribution in [0.3, 0.4) is 0 Å². The van der Waals surface area contributed by atoms with Crippen LogP contribution in [0.15, 0.2) is 29.8 Å². The Morgan fingerprint density at radius 3 is 2.77 bits per heavy atom. The van der Waals surface area contributed by atoms with Crippen LogP contribution in [0.2, 0.25) is 0 Å². The van der Waals surface area contributed by atoms with Gasteiger partial charge in [0.15, 0.2) is 11.5 Å². The highest BCUT2D eigenvalue weighted by molar-refractivity contribution is 5.76. The van der Waals surface area contributed by atoms with Gasteiger partial charge in [0.25, 0.3) is 0 Å². The molecule has 0 radical (unpaired) electrons. The second-order valence-electron chi connectivity index (χ2n) is 9.55. The number of esters is 1. The van der Waals surface area contributed by atoms with Crippen molar-refractivity contribution < 1.29 is 29.4 Å². The van der Waals surface area contributed by atoms with E-state index in [1.165, 1.54) is 5.57 Å². The molecule has 2 aliphatic carbocycles. The van der Waals surface area contributed by atoms with Crippen molar-refractivity contribution in [1.29, 1.82) is 0 Å². The van der Waals surface area contributed by atoms with Gasteiger partial charge in [-0.25, -0.2) is 0 Å². The summed E-state index contributed by atoms with van der Waals surface area (Å²) in [5.74, 6) is 1.34. The maximum atomic E-state index is 12.7. The van der Waals surface area contributed by atoms with Gasteiger partial charge in [-0.15, -0.1) is 0 Å². The van der Waals surface area contributed by atoms with Crippen LogP contribution in [0.4, 0.5) is 0 Å². The number of quaternary nitrogens is 1. The maximum absolute atomic E-state index is 12.7. The highest BCUT2D eigenvalue weighted by Gasteiger charge is 2.60. The van der Waals surface area contributed by atoms with Crippen LogP contribution in [0.25, 0.3) is 0 Å². The van der Waals surface area contributed by atoms with E-state index in [9.17, 15) is 9.90 Å². The molecule has 1 aromatic rings. The monoisotopic (exact) mass is 430 g/mol. The molecule has 0 spiro atoms. The molecule has 6 nitrogen and oxygen atoms in total. The van der Waals surface area contributed by atoms with Crippen molar-refractivity contribution in [2.75, 3.05) is 27.3 Å². The Hall–Kier alpha value is -2.05. The number of nitrogens with two attached hydrogens (primary N) is 1. The van der Waals surface area contributed by atoms with E-state index >= 15 is 0 Å². The molecule has 1 aromatic carbocycles. The molecule has 6 atom stereocenters. The lowest BCUT2D eigenvalue weighted by molar-refractivity contribution is -0.659. The molecule has 2 fully saturated rings. The summed E-state index contributed by atoms with van der Waals surface area (Å²) in [7, 11) is 3.27. The zero-order chi connectivity index (χ0) is 22.2. The van der Waals surface area contributed by atoms with Gasteiger partial charge in [-0.3, -0.25) is 4.79 Å². The number of carbonyl (C=O) groups is 1. The molecular weight excluding hydrogens is 394 g/mol. The van der Waals surface area contributed by atoms with Crippen molar-refractivity contribution in [2.24, 2.45) is 23.2 Å². The number of aliphatic hydroxyl groups excluding tert-OH is 1. The Morgan fingerprint density at radius 1 is 1.26 bits per heavy atom. The molecule has 1 aliphatic heterocycles. The van der Waals surface area contributed by atoms with Crippen LogP contribution in [0.1, 0.15) is 38.7 Å². The van der Waals surface area contributed by atoms with E-state index in [4.69, 9.17) is 14.2 Å². The van der Waals surface area contributed by atoms with Crippen molar-refractivity contribution >= 4 is 5.97 Å². The summed E-state index contributed by atoms with van der Waals surface area (Å²) < 4.78 is 16.4. The topological polar surface area (TPSA) is 81.6 Å². The van der Waals surface area contributed by atoms with Crippen LogP contribution < -0.4 is 14.8 Å². The number of ether oxygens (including phenoxy) is 3. The first kappa shape index (κ1) is 22.2. The van der Waals surface area contributed by atoms with Crippen LogP contribution in [-0.4, -0.2) is 50.6 Å². The van der Waals surface area contributed by atoms with Gasteiger partial charge in [-0.2, -0.15) is 0 Å². The minimum absolute atomic E-state index is 0.118. The standard InChI is InChI=1S/C25H35NO5/c1-15-6-5-7-17-13-21-22(23(27)25(15,17)2)18(24(28)31-21)14-26-11-10-16-8-9-19(29-3)20(12-16)30-4/h7-9,12,15,18,21-23,26-27H,5-6,10-11,13-14H2,1-4H3/p+1/t15-,18+,21-,22-,23+,25-/m1/s1. The number of aliphatic hydroxyl groups is 1. The van der Waals surface area contributed by atoms with E-state index in [2.05, 4.69) is 25.2 Å². The second-order valence-corrected chi connectivity index (χ2v) is 9.55. The number of methoxy groups -OCH3 is 2. The third-order valence-electron chi connectivity index (χ3n) is 8.08. The number of carbonyl (C=O) groups excluding carboxylic acids is 1. The van der Waals surface area contributed by atoms with E-state index in [1.54, 1.807) is 14.2 Å². The molecule has 3 N–H and O–H groups in total. The molecule has 0 aromatic heterocycles. The Labute approximate surface area is 185 Å². The SMILES string of the molecule is COc1ccc(CC[NH2+]C[C@@H]2C(=O)O[C@@H]3CC4=CCC[C@@H](C)[C@@]4(C)[C@@H](O)[C@H]23)cc1OC. The lowest BCUT2D eigenvalue weighted by Gasteiger charge is -2.51. The number of allylic oxidation sites excluding steroid dienone is 1. The Bertz CT molecular complexity index is 852. The molecule has 0 unspecified atom stereocenters. The summed E-state index contributed by atoms with van der Waals surface area (Å²) in [6.45, 7) is 5.92. The molecule has 1 saturated heterocycles. The fourth-order valence-corrected chi connectivity index (χ4v) is 5.93. The fourth-order valence-electron chi connectivity index (χ4n) is 5.93. The van der Waals surface area contributed by atoms with Gasteiger partial charge >= 0.3 is 5.97 Å². The predicted molar refractivity (Wildman–Crippen MR) is 117 cm³/mol. The lowest BCUT2D eigenvalue weighted by Crippen LogP contribution is -2.86. The molecule has 4 rings (SSSR count). The van der Waals surface area contributed by atoms with Gasteiger partial charge in [0.2, 0.25) is 0 Å². The molecule has 0 amide bonds. The Balaban J connectivity index is 1.39. The number of rotatable bonds is 7. The summed E-state index contributed by atoms with van der Waals surface area (Å²) in [4.78, 5) is 12.7. The van der Waals surface area contributed by atoms with Gasteiger partial charge in [-0.05, 0) is 36.5 Å². The third-order valence-corrected chi connectivity index (χ3v) is 8.08. The molecule has 1 heterocycles. The summed E-state index contributed by atoms with van der Waals surface area (Å²) >= 11 is 0. The number of benzene rings is 1. The Kier molecular flexibility index (Phi) is 6.31. The van der Waals surface area contributed by atoms with Gasteiger partial charge in [-0.1, -0.05) is 31.6 Å². The van der Waals surface area contributed by atoms with Crippen molar-refractivity contribution in [1.82, 2.24) is 0 Å². The van der Waals surface area contributed by atoms with Crippen LogP contribution in [-0.2, 0) is 16.0 Å². The molecule has 170 valence electrons. The second kappa shape index (κ2) is 8.83. The summed E-state index contributed by atoms with van der Waals surface area (Å²) in [5, 5.41) is 13.6. The smallest absolute Gasteiger partial charge is 0.315 e. The first-order valence-electron chi connectivity index (χ1n) is 11.5. The summed E-state index contributed by atoms with van der Waals surface area (Å²) in [6, 6.07) is 5.96. The molecule has 3 aliphatic rings. The third kappa shape index (κ3) is 3.85. The molecular formula is C25H36NO5+. The van der Waals surface area contributed by atoms with Gasteiger partial charge in [0.1, 0.15) is 12.0 Å². The zero-order valence-electron chi connectivity index (χ0n) is 19.1. The van der Waals surface area contributed by atoms with Gasteiger partial charge in [0.05, 0.1) is 33.4 Å².